The maximum atomic E-state index is 13.7. The predicted octanol–water partition coefficient (Wildman–Crippen LogP) is 5.91. The first-order valence-corrected chi connectivity index (χ1v) is 12.3. The SMILES string of the molecule is CNC(=O)C(Cc1ccccc1)N(Cc1c(Cl)cccc1Cl)C(=O)COc1cccc2ccccc12. The molecule has 0 aromatic heterocycles. The van der Waals surface area contributed by atoms with Crippen molar-refractivity contribution >= 4 is 45.8 Å². The lowest BCUT2D eigenvalue weighted by atomic mass is 10.0. The topological polar surface area (TPSA) is 58.6 Å². The highest BCUT2D eigenvalue weighted by Gasteiger charge is 2.31. The Morgan fingerprint density at radius 3 is 2.22 bits per heavy atom. The Labute approximate surface area is 220 Å². The molecule has 0 bridgehead atoms. The van der Waals surface area contributed by atoms with Crippen LogP contribution >= 0.6 is 23.2 Å². The zero-order valence-corrected chi connectivity index (χ0v) is 21.3. The second-order valence-electron chi connectivity index (χ2n) is 8.31. The number of carbonyl (C=O) groups is 2. The van der Waals surface area contributed by atoms with Gasteiger partial charge in [0.05, 0.1) is 0 Å². The number of nitrogens with zero attached hydrogens (tertiary/aromatic N) is 1. The Kier molecular flexibility index (Phi) is 8.47. The average Bonchev–Trinajstić information content (AvgIpc) is 2.90. The molecule has 4 aromatic carbocycles. The molecule has 0 aliphatic carbocycles. The summed E-state index contributed by atoms with van der Waals surface area (Å²) in [6.07, 6.45) is 0.322. The Balaban J connectivity index is 1.66. The molecule has 0 aliphatic rings. The molecule has 0 saturated carbocycles. The minimum Gasteiger partial charge on any atom is -0.483 e. The normalized spacial score (nSPS) is 11.6. The van der Waals surface area contributed by atoms with Gasteiger partial charge in [-0.1, -0.05) is 96.0 Å². The minimum atomic E-state index is -0.798. The van der Waals surface area contributed by atoms with Crippen molar-refractivity contribution in [2.45, 2.75) is 19.0 Å². The number of hydrogen-bond donors (Lipinski definition) is 1. The number of amides is 2. The summed E-state index contributed by atoms with van der Waals surface area (Å²) in [5, 5.41) is 5.45. The van der Waals surface area contributed by atoms with Gasteiger partial charge in [0.1, 0.15) is 11.8 Å². The quantitative estimate of drug-likeness (QED) is 0.298. The van der Waals surface area contributed by atoms with Crippen molar-refractivity contribution < 1.29 is 14.3 Å². The van der Waals surface area contributed by atoms with E-state index in [2.05, 4.69) is 5.32 Å². The van der Waals surface area contributed by atoms with Crippen molar-refractivity contribution in [3.05, 3.63) is 112 Å². The van der Waals surface area contributed by atoms with Crippen molar-refractivity contribution in [2.75, 3.05) is 13.7 Å². The predicted molar refractivity (Wildman–Crippen MR) is 144 cm³/mol. The van der Waals surface area contributed by atoms with Gasteiger partial charge in [-0.05, 0) is 29.1 Å². The third-order valence-corrected chi connectivity index (χ3v) is 6.72. The maximum Gasteiger partial charge on any atom is 0.261 e. The lowest BCUT2D eigenvalue weighted by Gasteiger charge is -2.31. The van der Waals surface area contributed by atoms with Crippen LogP contribution in [0, 0.1) is 0 Å². The van der Waals surface area contributed by atoms with Crippen LogP contribution in [-0.4, -0.2) is 36.4 Å². The van der Waals surface area contributed by atoms with Crippen molar-refractivity contribution in [1.29, 1.82) is 0 Å². The number of halogens is 2. The zero-order chi connectivity index (χ0) is 25.5. The lowest BCUT2D eigenvalue weighted by Crippen LogP contribution is -2.51. The molecular formula is C29H26Cl2N2O3. The minimum absolute atomic E-state index is 0.0567. The fourth-order valence-corrected chi connectivity index (χ4v) is 4.64. The molecule has 4 rings (SSSR count). The van der Waals surface area contributed by atoms with Gasteiger partial charge < -0.3 is 15.0 Å². The molecule has 1 unspecified atom stereocenters. The number of fused-ring (bicyclic) bond motifs is 1. The van der Waals surface area contributed by atoms with Crippen LogP contribution in [0.3, 0.4) is 0 Å². The van der Waals surface area contributed by atoms with Gasteiger partial charge in [0.15, 0.2) is 6.61 Å². The van der Waals surface area contributed by atoms with Gasteiger partial charge >= 0.3 is 0 Å². The number of benzene rings is 4. The largest absolute Gasteiger partial charge is 0.483 e. The van der Waals surface area contributed by atoms with Crippen LogP contribution in [0.15, 0.2) is 91.0 Å². The van der Waals surface area contributed by atoms with Gasteiger partial charge in [0, 0.05) is 41.0 Å². The molecule has 184 valence electrons. The molecule has 0 saturated heterocycles. The summed E-state index contributed by atoms with van der Waals surface area (Å²) in [7, 11) is 1.55. The first-order chi connectivity index (χ1) is 17.5. The monoisotopic (exact) mass is 520 g/mol. The molecule has 36 heavy (non-hydrogen) atoms. The third kappa shape index (κ3) is 5.99. The highest BCUT2D eigenvalue weighted by Crippen LogP contribution is 2.28. The molecule has 0 heterocycles. The van der Waals surface area contributed by atoms with E-state index in [-0.39, 0.29) is 25.0 Å². The summed E-state index contributed by atoms with van der Waals surface area (Å²) in [5.74, 6) is -0.0549. The van der Waals surface area contributed by atoms with E-state index >= 15 is 0 Å². The van der Waals surface area contributed by atoms with E-state index in [1.54, 1.807) is 25.2 Å². The first kappa shape index (κ1) is 25.5. The van der Waals surface area contributed by atoms with Crippen LogP contribution in [0.2, 0.25) is 10.0 Å². The van der Waals surface area contributed by atoms with Crippen LogP contribution in [-0.2, 0) is 22.6 Å². The Morgan fingerprint density at radius 2 is 1.50 bits per heavy atom. The number of ether oxygens (including phenoxy) is 1. The van der Waals surface area contributed by atoms with E-state index in [4.69, 9.17) is 27.9 Å². The zero-order valence-electron chi connectivity index (χ0n) is 19.8. The molecule has 2 amide bonds. The van der Waals surface area contributed by atoms with Gasteiger partial charge in [0.2, 0.25) is 5.91 Å². The number of hydrogen-bond acceptors (Lipinski definition) is 3. The summed E-state index contributed by atoms with van der Waals surface area (Å²) in [6.45, 7) is -0.195. The first-order valence-electron chi connectivity index (χ1n) is 11.6. The smallest absolute Gasteiger partial charge is 0.261 e. The molecule has 1 atom stereocenters. The van der Waals surface area contributed by atoms with Gasteiger partial charge in [-0.15, -0.1) is 0 Å². The summed E-state index contributed by atoms with van der Waals surface area (Å²) in [5.41, 5.74) is 1.49. The second-order valence-corrected chi connectivity index (χ2v) is 9.12. The van der Waals surface area contributed by atoms with Gasteiger partial charge in [-0.25, -0.2) is 0 Å². The fourth-order valence-electron chi connectivity index (χ4n) is 4.12. The van der Waals surface area contributed by atoms with Crippen molar-refractivity contribution in [2.24, 2.45) is 0 Å². The van der Waals surface area contributed by atoms with Gasteiger partial charge in [0.25, 0.3) is 5.91 Å². The van der Waals surface area contributed by atoms with E-state index in [1.807, 2.05) is 72.8 Å². The summed E-state index contributed by atoms with van der Waals surface area (Å²) in [4.78, 5) is 28.2. The van der Waals surface area contributed by atoms with E-state index in [9.17, 15) is 9.59 Å². The molecule has 4 aromatic rings. The standard InChI is InChI=1S/C29H26Cl2N2O3/c1-32-29(35)26(17-20-9-3-2-4-10-20)33(18-23-24(30)14-8-15-25(23)31)28(34)19-36-27-16-7-12-21-11-5-6-13-22(21)27/h2-16,26H,17-19H2,1H3,(H,32,35). The molecular weight excluding hydrogens is 495 g/mol. The Morgan fingerprint density at radius 1 is 0.861 bits per heavy atom. The van der Waals surface area contributed by atoms with E-state index < -0.39 is 6.04 Å². The van der Waals surface area contributed by atoms with E-state index in [1.165, 1.54) is 4.90 Å². The maximum absolute atomic E-state index is 13.7. The molecule has 5 nitrogen and oxygen atoms in total. The van der Waals surface area contributed by atoms with Crippen molar-refractivity contribution in [3.8, 4) is 5.75 Å². The van der Waals surface area contributed by atoms with Crippen LogP contribution in [0.5, 0.6) is 5.75 Å². The highest BCUT2D eigenvalue weighted by atomic mass is 35.5. The molecule has 0 fully saturated rings. The number of nitrogens with one attached hydrogen (secondary N) is 1. The van der Waals surface area contributed by atoms with Crippen LogP contribution < -0.4 is 10.1 Å². The summed E-state index contributed by atoms with van der Waals surface area (Å²) >= 11 is 12.9. The molecule has 0 aliphatic heterocycles. The molecule has 7 heteroatoms. The lowest BCUT2D eigenvalue weighted by molar-refractivity contribution is -0.142. The third-order valence-electron chi connectivity index (χ3n) is 6.01. The van der Waals surface area contributed by atoms with Crippen LogP contribution in [0.25, 0.3) is 10.8 Å². The number of likely N-dealkylation sites (N-methyl/N-ethyl adjacent to an activating group) is 1. The molecule has 0 radical (unpaired) electrons. The number of rotatable bonds is 9. The van der Waals surface area contributed by atoms with Gasteiger partial charge in [-0.2, -0.15) is 0 Å². The van der Waals surface area contributed by atoms with Gasteiger partial charge in [-0.3, -0.25) is 9.59 Å². The van der Waals surface area contributed by atoms with Crippen LogP contribution in [0.4, 0.5) is 0 Å². The second kappa shape index (κ2) is 11.9. The summed E-state index contributed by atoms with van der Waals surface area (Å²) < 4.78 is 5.99. The average molecular weight is 521 g/mol. The van der Waals surface area contributed by atoms with Crippen LogP contribution in [0.1, 0.15) is 11.1 Å². The fraction of sp³-hybridized carbons (Fsp3) is 0.172. The highest BCUT2D eigenvalue weighted by molar-refractivity contribution is 6.36. The molecule has 1 N–H and O–H groups in total. The molecule has 0 spiro atoms. The Hall–Kier alpha value is -3.54. The van der Waals surface area contributed by atoms with E-state index in [0.717, 1.165) is 16.3 Å². The number of carbonyl (C=O) groups excluding carboxylic acids is 2. The van der Waals surface area contributed by atoms with E-state index in [0.29, 0.717) is 27.8 Å². The van der Waals surface area contributed by atoms with Crippen molar-refractivity contribution in [1.82, 2.24) is 10.2 Å². The summed E-state index contributed by atoms with van der Waals surface area (Å²) in [6, 6.07) is 27.4. The Bertz CT molecular complexity index is 1340. The van der Waals surface area contributed by atoms with Crippen molar-refractivity contribution in [3.63, 3.8) is 0 Å².